The second-order valence-corrected chi connectivity index (χ2v) is 5.49. The van der Waals surface area contributed by atoms with Gasteiger partial charge in [-0.3, -0.25) is 0 Å². The molecule has 1 N–H and O–H groups in total. The predicted octanol–water partition coefficient (Wildman–Crippen LogP) is 3.06. The second kappa shape index (κ2) is 5.04. The lowest BCUT2D eigenvalue weighted by atomic mass is 9.74. The zero-order valence-electron chi connectivity index (χ0n) is 9.75. The van der Waals surface area contributed by atoms with Crippen LogP contribution in [0.4, 0.5) is 4.39 Å². The molecule has 17 heavy (non-hydrogen) atoms. The van der Waals surface area contributed by atoms with Gasteiger partial charge >= 0.3 is 0 Å². The molecule has 0 saturated heterocycles. The van der Waals surface area contributed by atoms with Crippen LogP contribution in [0.1, 0.15) is 24.8 Å². The van der Waals surface area contributed by atoms with Gasteiger partial charge in [0.1, 0.15) is 5.82 Å². The number of methoxy groups -OCH3 is 1. The standard InChI is InChI=1S/C13H16BrFO2/c1-17-13(5-2-6-13)12(16)7-9-3-4-10(14)8-11(9)15/h3-4,8,12,16H,2,5-7H2,1H3. The van der Waals surface area contributed by atoms with Gasteiger partial charge < -0.3 is 9.84 Å². The number of aliphatic hydroxyl groups is 1. The van der Waals surface area contributed by atoms with Gasteiger partial charge in [-0.2, -0.15) is 0 Å². The third-order valence-electron chi connectivity index (χ3n) is 3.64. The lowest BCUT2D eigenvalue weighted by Gasteiger charge is -2.44. The van der Waals surface area contributed by atoms with Gasteiger partial charge in [-0.15, -0.1) is 0 Å². The Balaban J connectivity index is 2.10. The topological polar surface area (TPSA) is 29.5 Å². The number of halogens is 2. The first-order valence-corrected chi connectivity index (χ1v) is 6.54. The van der Waals surface area contributed by atoms with Crippen LogP contribution in [-0.2, 0) is 11.2 Å². The quantitative estimate of drug-likeness (QED) is 0.926. The largest absolute Gasteiger partial charge is 0.390 e. The van der Waals surface area contributed by atoms with E-state index in [1.807, 2.05) is 0 Å². The van der Waals surface area contributed by atoms with Crippen LogP contribution < -0.4 is 0 Å². The highest BCUT2D eigenvalue weighted by molar-refractivity contribution is 9.10. The van der Waals surface area contributed by atoms with Crippen molar-refractivity contribution in [2.45, 2.75) is 37.4 Å². The molecule has 0 aliphatic heterocycles. The summed E-state index contributed by atoms with van der Waals surface area (Å²) in [5.41, 5.74) is 0.0727. The molecule has 0 radical (unpaired) electrons. The van der Waals surface area contributed by atoms with E-state index in [0.717, 1.165) is 19.3 Å². The van der Waals surface area contributed by atoms with E-state index in [4.69, 9.17) is 4.74 Å². The van der Waals surface area contributed by atoms with E-state index >= 15 is 0 Å². The minimum Gasteiger partial charge on any atom is -0.390 e. The first-order chi connectivity index (χ1) is 8.07. The maximum absolute atomic E-state index is 13.6. The molecule has 94 valence electrons. The van der Waals surface area contributed by atoms with E-state index in [9.17, 15) is 9.50 Å². The maximum Gasteiger partial charge on any atom is 0.127 e. The maximum atomic E-state index is 13.6. The van der Waals surface area contributed by atoms with Crippen LogP contribution in [0.3, 0.4) is 0 Å². The summed E-state index contributed by atoms with van der Waals surface area (Å²) >= 11 is 3.21. The molecule has 0 aromatic heterocycles. The summed E-state index contributed by atoms with van der Waals surface area (Å²) in [5.74, 6) is -0.288. The first-order valence-electron chi connectivity index (χ1n) is 5.74. The zero-order chi connectivity index (χ0) is 12.5. The van der Waals surface area contributed by atoms with Crippen LogP contribution >= 0.6 is 15.9 Å². The summed E-state index contributed by atoms with van der Waals surface area (Å²) in [6, 6.07) is 4.90. The van der Waals surface area contributed by atoms with Crippen LogP contribution in [0.15, 0.2) is 22.7 Å². The second-order valence-electron chi connectivity index (χ2n) is 4.58. The van der Waals surface area contributed by atoms with Gasteiger partial charge in [-0.1, -0.05) is 22.0 Å². The molecule has 1 saturated carbocycles. The van der Waals surface area contributed by atoms with Gasteiger partial charge in [0.15, 0.2) is 0 Å². The fourth-order valence-corrected chi connectivity index (χ4v) is 2.61. The summed E-state index contributed by atoms with van der Waals surface area (Å²) in [7, 11) is 1.61. The average Bonchev–Trinajstić information content (AvgIpc) is 2.21. The molecule has 1 aromatic rings. The van der Waals surface area contributed by atoms with Crippen molar-refractivity contribution >= 4 is 15.9 Å². The van der Waals surface area contributed by atoms with Crippen LogP contribution in [-0.4, -0.2) is 23.9 Å². The molecule has 0 spiro atoms. The van der Waals surface area contributed by atoms with Gasteiger partial charge in [0.25, 0.3) is 0 Å². The van der Waals surface area contributed by atoms with Crippen LogP contribution in [0.2, 0.25) is 0 Å². The van der Waals surface area contributed by atoms with Crippen molar-refractivity contribution in [3.05, 3.63) is 34.1 Å². The number of hydrogen-bond donors (Lipinski definition) is 1. The average molecular weight is 303 g/mol. The van der Waals surface area contributed by atoms with Gasteiger partial charge in [-0.25, -0.2) is 4.39 Å². The summed E-state index contributed by atoms with van der Waals surface area (Å²) in [6.45, 7) is 0. The molecule has 1 aliphatic rings. The Morgan fingerprint density at radius 3 is 2.71 bits per heavy atom. The smallest absolute Gasteiger partial charge is 0.127 e. The molecule has 4 heteroatoms. The Kier molecular flexibility index (Phi) is 3.85. The Labute approximate surface area is 109 Å². The highest BCUT2D eigenvalue weighted by Crippen LogP contribution is 2.39. The van der Waals surface area contributed by atoms with Crippen LogP contribution in [0, 0.1) is 5.82 Å². The van der Waals surface area contributed by atoms with Gasteiger partial charge in [0, 0.05) is 18.0 Å². The number of benzene rings is 1. The molecule has 2 nitrogen and oxygen atoms in total. The van der Waals surface area contributed by atoms with Crippen molar-refractivity contribution in [2.75, 3.05) is 7.11 Å². The van der Waals surface area contributed by atoms with E-state index in [-0.39, 0.29) is 5.82 Å². The van der Waals surface area contributed by atoms with E-state index < -0.39 is 11.7 Å². The molecular formula is C13H16BrFO2. The molecule has 0 amide bonds. The zero-order valence-corrected chi connectivity index (χ0v) is 11.3. The van der Waals surface area contributed by atoms with Crippen molar-refractivity contribution in [3.63, 3.8) is 0 Å². The third kappa shape index (κ3) is 2.54. The number of aliphatic hydroxyl groups excluding tert-OH is 1. The molecule has 1 aliphatic carbocycles. The van der Waals surface area contributed by atoms with E-state index in [1.54, 1.807) is 19.2 Å². The van der Waals surface area contributed by atoms with Crippen molar-refractivity contribution in [1.29, 1.82) is 0 Å². The van der Waals surface area contributed by atoms with Crippen LogP contribution in [0.25, 0.3) is 0 Å². The molecule has 2 rings (SSSR count). The Morgan fingerprint density at radius 2 is 2.24 bits per heavy atom. The van der Waals surface area contributed by atoms with Crippen molar-refractivity contribution < 1.29 is 14.2 Å². The lowest BCUT2D eigenvalue weighted by molar-refractivity contribution is -0.148. The van der Waals surface area contributed by atoms with Crippen molar-refractivity contribution in [3.8, 4) is 0 Å². The molecular weight excluding hydrogens is 287 g/mol. The summed E-state index contributed by atoms with van der Waals surface area (Å²) in [6.07, 6.45) is 2.42. The number of ether oxygens (including phenoxy) is 1. The van der Waals surface area contributed by atoms with E-state index in [1.165, 1.54) is 6.07 Å². The predicted molar refractivity (Wildman–Crippen MR) is 67.4 cm³/mol. The molecule has 0 bridgehead atoms. The van der Waals surface area contributed by atoms with Crippen molar-refractivity contribution in [2.24, 2.45) is 0 Å². The van der Waals surface area contributed by atoms with E-state index in [2.05, 4.69) is 15.9 Å². The minimum atomic E-state index is -0.642. The molecule has 1 unspecified atom stereocenters. The van der Waals surface area contributed by atoms with Crippen LogP contribution in [0.5, 0.6) is 0 Å². The number of hydrogen-bond acceptors (Lipinski definition) is 2. The van der Waals surface area contributed by atoms with Gasteiger partial charge in [0.05, 0.1) is 11.7 Å². The number of rotatable bonds is 4. The highest BCUT2D eigenvalue weighted by atomic mass is 79.9. The molecule has 1 fully saturated rings. The highest BCUT2D eigenvalue weighted by Gasteiger charge is 2.43. The fourth-order valence-electron chi connectivity index (χ4n) is 2.28. The Morgan fingerprint density at radius 1 is 1.53 bits per heavy atom. The fraction of sp³-hybridized carbons (Fsp3) is 0.538. The lowest BCUT2D eigenvalue weighted by Crippen LogP contribution is -2.50. The molecule has 1 atom stereocenters. The molecule has 0 heterocycles. The molecule has 1 aromatic carbocycles. The van der Waals surface area contributed by atoms with Crippen molar-refractivity contribution in [1.82, 2.24) is 0 Å². The summed E-state index contributed by atoms with van der Waals surface area (Å²) in [5, 5.41) is 10.2. The Hall–Kier alpha value is -0.450. The first kappa shape index (κ1) is 13.0. The summed E-state index contributed by atoms with van der Waals surface area (Å²) < 4.78 is 19.7. The third-order valence-corrected chi connectivity index (χ3v) is 4.14. The van der Waals surface area contributed by atoms with E-state index in [0.29, 0.717) is 16.5 Å². The van der Waals surface area contributed by atoms with Gasteiger partial charge in [0.2, 0.25) is 0 Å². The SMILES string of the molecule is COC1(C(O)Cc2ccc(Br)cc2F)CCC1. The Bertz CT molecular complexity index is 399. The summed E-state index contributed by atoms with van der Waals surface area (Å²) in [4.78, 5) is 0. The minimum absolute atomic E-state index is 0.288. The normalized spacial score (nSPS) is 19.8. The van der Waals surface area contributed by atoms with Gasteiger partial charge in [-0.05, 0) is 37.0 Å². The monoisotopic (exact) mass is 302 g/mol.